The Hall–Kier alpha value is -3.53. The van der Waals surface area contributed by atoms with E-state index >= 15 is 0 Å². The van der Waals surface area contributed by atoms with Crippen molar-refractivity contribution in [2.75, 3.05) is 31.6 Å². The van der Waals surface area contributed by atoms with Gasteiger partial charge in [-0.25, -0.2) is 13.8 Å². The number of hydrogen-bond acceptors (Lipinski definition) is 6. The van der Waals surface area contributed by atoms with Crippen LogP contribution < -0.4 is 4.90 Å². The van der Waals surface area contributed by atoms with Gasteiger partial charge in [-0.3, -0.25) is 19.3 Å². The van der Waals surface area contributed by atoms with E-state index in [0.717, 1.165) is 5.56 Å². The number of anilines is 1. The molecule has 0 fully saturated rings. The van der Waals surface area contributed by atoms with Crippen molar-refractivity contribution in [1.29, 1.82) is 0 Å². The van der Waals surface area contributed by atoms with Crippen LogP contribution in [0, 0.1) is 6.92 Å². The molecule has 1 aliphatic heterocycles. The third kappa shape index (κ3) is 5.43. The summed E-state index contributed by atoms with van der Waals surface area (Å²) in [5, 5.41) is 8.31. The van der Waals surface area contributed by atoms with E-state index in [-0.39, 0.29) is 25.6 Å². The highest BCUT2D eigenvalue weighted by molar-refractivity contribution is 5.89. The van der Waals surface area contributed by atoms with E-state index in [9.17, 15) is 18.4 Å². The Morgan fingerprint density at radius 2 is 1.83 bits per heavy atom. The SMILES string of the molecule is CCOC(=O)CN(CC(=O)N(C)N1Cc2ccccc2C1)c1cc2c(cnn2CC(F)F)cc1C. The van der Waals surface area contributed by atoms with Gasteiger partial charge in [0, 0.05) is 31.2 Å². The summed E-state index contributed by atoms with van der Waals surface area (Å²) in [7, 11) is 1.71. The second-order valence-electron chi connectivity index (χ2n) is 8.59. The number of carbonyl (C=O) groups excluding carboxylic acids is 2. The fraction of sp³-hybridized carbons (Fsp3) is 0.400. The average molecular weight is 486 g/mol. The molecule has 4 rings (SSSR count). The van der Waals surface area contributed by atoms with E-state index in [4.69, 9.17) is 4.74 Å². The van der Waals surface area contributed by atoms with Crippen molar-refractivity contribution in [2.45, 2.75) is 39.9 Å². The van der Waals surface area contributed by atoms with Gasteiger partial charge in [-0.05, 0) is 42.7 Å². The molecule has 0 spiro atoms. The van der Waals surface area contributed by atoms with Gasteiger partial charge in [-0.2, -0.15) is 5.10 Å². The quantitative estimate of drug-likeness (QED) is 0.433. The molecule has 1 amide bonds. The Kier molecular flexibility index (Phi) is 7.30. The molecule has 0 atom stereocenters. The van der Waals surface area contributed by atoms with Crippen molar-refractivity contribution in [2.24, 2.45) is 0 Å². The summed E-state index contributed by atoms with van der Waals surface area (Å²) >= 11 is 0. The molecule has 0 radical (unpaired) electrons. The summed E-state index contributed by atoms with van der Waals surface area (Å²) in [6.45, 7) is 4.24. The van der Waals surface area contributed by atoms with Crippen LogP contribution in [0.1, 0.15) is 23.6 Å². The van der Waals surface area contributed by atoms with E-state index in [2.05, 4.69) is 5.10 Å². The second kappa shape index (κ2) is 10.4. The molecule has 0 aliphatic carbocycles. The van der Waals surface area contributed by atoms with Gasteiger partial charge in [0.15, 0.2) is 0 Å². The van der Waals surface area contributed by atoms with Gasteiger partial charge >= 0.3 is 5.97 Å². The smallest absolute Gasteiger partial charge is 0.325 e. The molecule has 0 unspecified atom stereocenters. The fourth-order valence-corrected chi connectivity index (χ4v) is 4.39. The number of hydrogen-bond donors (Lipinski definition) is 0. The Balaban J connectivity index is 1.60. The van der Waals surface area contributed by atoms with Crippen molar-refractivity contribution in [3.05, 3.63) is 59.3 Å². The van der Waals surface area contributed by atoms with E-state index in [1.807, 2.05) is 42.3 Å². The Bertz CT molecular complexity index is 1200. The molecule has 0 saturated carbocycles. The van der Waals surface area contributed by atoms with Gasteiger partial charge in [-0.1, -0.05) is 24.3 Å². The van der Waals surface area contributed by atoms with Crippen LogP contribution in [0.2, 0.25) is 0 Å². The number of rotatable bonds is 9. The van der Waals surface area contributed by atoms with Gasteiger partial charge in [0.05, 0.1) is 24.9 Å². The normalized spacial score (nSPS) is 13.3. The molecule has 8 nitrogen and oxygen atoms in total. The van der Waals surface area contributed by atoms with Gasteiger partial charge in [0.25, 0.3) is 12.3 Å². The first kappa shape index (κ1) is 24.6. The molecule has 0 N–H and O–H groups in total. The number of carbonyl (C=O) groups is 2. The highest BCUT2D eigenvalue weighted by Crippen LogP contribution is 2.28. The Morgan fingerprint density at radius 3 is 2.46 bits per heavy atom. The van der Waals surface area contributed by atoms with E-state index < -0.39 is 18.9 Å². The van der Waals surface area contributed by atoms with Crippen molar-refractivity contribution in [3.63, 3.8) is 0 Å². The van der Waals surface area contributed by atoms with Crippen LogP contribution in [0.15, 0.2) is 42.6 Å². The first-order valence-corrected chi connectivity index (χ1v) is 11.5. The van der Waals surface area contributed by atoms with Crippen molar-refractivity contribution < 1.29 is 23.1 Å². The molecule has 2 heterocycles. The molecule has 1 aliphatic rings. The highest BCUT2D eigenvalue weighted by Gasteiger charge is 2.27. The number of aryl methyl sites for hydroxylation is 1. The lowest BCUT2D eigenvalue weighted by Gasteiger charge is -2.31. The molecule has 0 bridgehead atoms. The third-order valence-corrected chi connectivity index (χ3v) is 6.17. The maximum Gasteiger partial charge on any atom is 0.325 e. The number of likely N-dealkylation sites (N-methyl/N-ethyl adjacent to an activating group) is 1. The first-order chi connectivity index (χ1) is 16.8. The molecular weight excluding hydrogens is 456 g/mol. The fourth-order valence-electron chi connectivity index (χ4n) is 4.39. The van der Waals surface area contributed by atoms with Gasteiger partial charge < -0.3 is 9.64 Å². The van der Waals surface area contributed by atoms with Gasteiger partial charge in [-0.15, -0.1) is 0 Å². The van der Waals surface area contributed by atoms with Crippen molar-refractivity contribution in [3.8, 4) is 0 Å². The molecule has 10 heteroatoms. The summed E-state index contributed by atoms with van der Waals surface area (Å²) in [5.74, 6) is -0.681. The lowest BCUT2D eigenvalue weighted by atomic mass is 10.1. The van der Waals surface area contributed by atoms with E-state index in [0.29, 0.717) is 29.7 Å². The maximum atomic E-state index is 13.3. The van der Waals surface area contributed by atoms with E-state index in [1.165, 1.54) is 22.0 Å². The number of ether oxygens (including phenoxy) is 1. The second-order valence-corrected chi connectivity index (χ2v) is 8.59. The third-order valence-electron chi connectivity index (χ3n) is 6.17. The van der Waals surface area contributed by atoms with Crippen LogP contribution in [-0.4, -0.2) is 64.8 Å². The number of aromatic nitrogens is 2. The Labute approximate surface area is 202 Å². The van der Waals surface area contributed by atoms with Gasteiger partial charge in [0.2, 0.25) is 0 Å². The molecule has 3 aromatic rings. The number of esters is 1. The average Bonchev–Trinajstić information content (AvgIpc) is 3.41. The van der Waals surface area contributed by atoms with E-state index in [1.54, 1.807) is 29.9 Å². The summed E-state index contributed by atoms with van der Waals surface area (Å²) < 4.78 is 32.5. The highest BCUT2D eigenvalue weighted by atomic mass is 19.3. The molecule has 186 valence electrons. The lowest BCUT2D eigenvalue weighted by molar-refractivity contribution is -0.145. The Morgan fingerprint density at radius 1 is 1.14 bits per heavy atom. The molecule has 2 aromatic carbocycles. The summed E-state index contributed by atoms with van der Waals surface area (Å²) in [6, 6.07) is 11.6. The summed E-state index contributed by atoms with van der Waals surface area (Å²) in [6.07, 6.45) is -1.02. The predicted octanol–water partition coefficient (Wildman–Crippen LogP) is 3.37. The number of amides is 1. The zero-order chi connectivity index (χ0) is 25.1. The number of hydrazine groups is 1. The van der Waals surface area contributed by atoms with Crippen LogP contribution in [0.25, 0.3) is 10.9 Å². The topological polar surface area (TPSA) is 70.9 Å². The molecule has 35 heavy (non-hydrogen) atoms. The van der Waals surface area contributed by atoms with Crippen LogP contribution in [0.5, 0.6) is 0 Å². The predicted molar refractivity (Wildman–Crippen MR) is 128 cm³/mol. The minimum absolute atomic E-state index is 0.0858. The zero-order valence-electron chi connectivity index (χ0n) is 20.1. The van der Waals surface area contributed by atoms with Crippen LogP contribution in [-0.2, 0) is 34.0 Å². The van der Waals surface area contributed by atoms with Crippen LogP contribution in [0.4, 0.5) is 14.5 Å². The number of nitrogens with zero attached hydrogens (tertiary/aromatic N) is 5. The van der Waals surface area contributed by atoms with Crippen LogP contribution >= 0.6 is 0 Å². The van der Waals surface area contributed by atoms with Gasteiger partial charge in [0.1, 0.15) is 13.1 Å². The molecule has 1 aromatic heterocycles. The lowest BCUT2D eigenvalue weighted by Crippen LogP contribution is -2.47. The monoisotopic (exact) mass is 485 g/mol. The van der Waals surface area contributed by atoms with Crippen molar-refractivity contribution >= 4 is 28.5 Å². The minimum atomic E-state index is -2.56. The largest absolute Gasteiger partial charge is 0.465 e. The number of benzene rings is 2. The standard InChI is InChI=1S/C25H29F2N5O3/c1-4-35-25(34)16-30(15-24(33)29(3)31-12-18-7-5-6-8-19(18)13-31)21-10-22-20(9-17(21)2)11-28-32(22)14-23(26)27/h5-11,23H,4,12-16H2,1-3H3. The molecular formula is C25H29F2N5O3. The number of alkyl halides is 2. The number of halogens is 2. The van der Waals surface area contributed by atoms with Crippen molar-refractivity contribution in [1.82, 2.24) is 19.8 Å². The number of fused-ring (bicyclic) bond motifs is 2. The molecule has 0 saturated heterocycles. The summed E-state index contributed by atoms with van der Waals surface area (Å²) in [4.78, 5) is 27.4. The van der Waals surface area contributed by atoms with Crippen LogP contribution in [0.3, 0.4) is 0 Å². The first-order valence-electron chi connectivity index (χ1n) is 11.5. The maximum absolute atomic E-state index is 13.3. The zero-order valence-corrected chi connectivity index (χ0v) is 20.1. The summed E-state index contributed by atoms with van der Waals surface area (Å²) in [5.41, 5.74) is 4.24. The minimum Gasteiger partial charge on any atom is -0.465 e.